The maximum Gasteiger partial charge on any atom is 0.305 e. The van der Waals surface area contributed by atoms with Crippen molar-refractivity contribution in [2.75, 3.05) is 26.2 Å². The zero-order valence-electron chi connectivity index (χ0n) is 27.8. The molecule has 0 spiro atoms. The lowest BCUT2D eigenvalue weighted by Gasteiger charge is -2.50. The van der Waals surface area contributed by atoms with Crippen molar-refractivity contribution in [2.24, 2.45) is 23.7 Å². The molecule has 3 aromatic rings. The van der Waals surface area contributed by atoms with Gasteiger partial charge in [-0.1, -0.05) is 62.9 Å². The molecule has 12 nitrogen and oxygen atoms in total. The number of aliphatic carboxylic acids is 1. The Morgan fingerprint density at radius 1 is 0.981 bits per heavy atom. The number of phenolic OH excluding ortho intramolecular Hbond substituents is 1. The quantitative estimate of drug-likeness (QED) is 0.174. The molecule has 15 heteroatoms. The summed E-state index contributed by atoms with van der Waals surface area (Å²) in [4.78, 5) is 70.4. The largest absolute Gasteiger partial charge is 0.504 e. The minimum atomic E-state index is -1.71. The van der Waals surface area contributed by atoms with Gasteiger partial charge in [0, 0.05) is 27.5 Å². The third-order valence-corrected chi connectivity index (χ3v) is 11.8. The van der Waals surface area contributed by atoms with Crippen LogP contribution in [0.1, 0.15) is 36.3 Å². The molecule has 0 aromatic heterocycles. The molecule has 7 rings (SSSR count). The van der Waals surface area contributed by atoms with Crippen LogP contribution in [0.5, 0.6) is 17.2 Å². The van der Waals surface area contributed by atoms with Gasteiger partial charge in [0.05, 0.1) is 54.5 Å². The highest BCUT2D eigenvalue weighted by molar-refractivity contribution is 9.10. The molecule has 270 valence electrons. The second-order valence-corrected chi connectivity index (χ2v) is 15.0. The number of hydrogen-bond acceptors (Lipinski definition) is 9. The number of rotatable bonds is 9. The molecule has 1 saturated carbocycles. The van der Waals surface area contributed by atoms with E-state index >= 15 is 4.79 Å². The van der Waals surface area contributed by atoms with Crippen LogP contribution in [0.2, 0.25) is 10.0 Å². The van der Waals surface area contributed by atoms with E-state index in [0.717, 1.165) is 9.91 Å². The van der Waals surface area contributed by atoms with Crippen molar-refractivity contribution in [3.63, 3.8) is 0 Å². The first-order valence-electron chi connectivity index (χ1n) is 16.4. The number of amides is 4. The van der Waals surface area contributed by atoms with E-state index in [9.17, 15) is 29.4 Å². The monoisotopic (exact) mass is 811 g/mol. The lowest BCUT2D eigenvalue weighted by atomic mass is 9.49. The Hall–Kier alpha value is -4.59. The SMILES string of the molecule is COc1ccc([C@@]23C(=O)N(Nc4ccc(Cl)cc4Cl)C(=O)[C@@H]2C[C@@H]2C(=CC[C@@H]4C(=O)N(CCC(=O)O)C(=O)[C@@H]42)[C@@H]3c2cc(Br)cc(OC)c2O)cc1. The zero-order chi connectivity index (χ0) is 37.2. The van der Waals surface area contributed by atoms with Crippen LogP contribution in [0.15, 0.2) is 70.7 Å². The van der Waals surface area contributed by atoms with Crippen molar-refractivity contribution in [2.45, 2.75) is 30.6 Å². The Morgan fingerprint density at radius 2 is 1.71 bits per heavy atom. The maximum absolute atomic E-state index is 15.4. The van der Waals surface area contributed by atoms with Crippen LogP contribution in [-0.2, 0) is 29.4 Å². The number of carbonyl (C=O) groups excluding carboxylic acids is 4. The second-order valence-electron chi connectivity index (χ2n) is 13.2. The van der Waals surface area contributed by atoms with E-state index in [4.69, 9.17) is 32.7 Å². The third kappa shape index (κ3) is 5.43. The number of fused-ring (bicyclic) bond motifs is 4. The van der Waals surface area contributed by atoms with Gasteiger partial charge in [-0.3, -0.25) is 34.3 Å². The van der Waals surface area contributed by atoms with E-state index in [1.54, 1.807) is 42.5 Å². The highest BCUT2D eigenvalue weighted by Crippen LogP contribution is 2.65. The predicted molar refractivity (Wildman–Crippen MR) is 192 cm³/mol. The molecule has 2 aliphatic heterocycles. The highest BCUT2D eigenvalue weighted by atomic mass is 79.9. The Bertz CT molecular complexity index is 2080. The molecule has 2 aliphatic carbocycles. The molecule has 4 aliphatic rings. The third-order valence-electron chi connectivity index (χ3n) is 10.8. The summed E-state index contributed by atoms with van der Waals surface area (Å²) >= 11 is 16.2. The Kier molecular flexibility index (Phi) is 9.25. The number of carboxylic acid groups (broad SMARTS) is 1. The minimum absolute atomic E-state index is 0.00960. The summed E-state index contributed by atoms with van der Waals surface area (Å²) < 4.78 is 11.5. The maximum atomic E-state index is 15.4. The Labute approximate surface area is 316 Å². The van der Waals surface area contributed by atoms with Gasteiger partial charge < -0.3 is 19.7 Å². The average molecular weight is 813 g/mol. The number of methoxy groups -OCH3 is 2. The molecule has 0 bridgehead atoms. The molecule has 2 heterocycles. The molecule has 3 aromatic carbocycles. The molecular weight excluding hydrogens is 781 g/mol. The van der Waals surface area contributed by atoms with Gasteiger partial charge in [0.1, 0.15) is 5.75 Å². The van der Waals surface area contributed by atoms with Crippen LogP contribution in [0.3, 0.4) is 0 Å². The summed E-state index contributed by atoms with van der Waals surface area (Å²) in [5, 5.41) is 22.6. The number of allylic oxidation sites excluding steroid dienone is 2. The predicted octanol–water partition coefficient (Wildman–Crippen LogP) is 5.94. The molecule has 3 fully saturated rings. The first-order valence-corrected chi connectivity index (χ1v) is 18.0. The van der Waals surface area contributed by atoms with Gasteiger partial charge in [-0.25, -0.2) is 0 Å². The van der Waals surface area contributed by atoms with E-state index in [-0.39, 0.29) is 47.2 Å². The van der Waals surface area contributed by atoms with Crippen LogP contribution in [0, 0.1) is 23.7 Å². The van der Waals surface area contributed by atoms with E-state index in [2.05, 4.69) is 21.4 Å². The van der Waals surface area contributed by atoms with Crippen LogP contribution >= 0.6 is 39.1 Å². The van der Waals surface area contributed by atoms with Crippen molar-refractivity contribution < 1.29 is 43.7 Å². The first-order chi connectivity index (χ1) is 24.8. The van der Waals surface area contributed by atoms with Crippen molar-refractivity contribution in [3.05, 3.63) is 91.9 Å². The lowest BCUT2D eigenvalue weighted by molar-refractivity contribution is -0.143. The standard InChI is InChI=1S/C37H32BrCl2N3O9/c1-51-20-6-3-17(4-7-20)37-25(34(48)43(36(37)50)41-27-10-5-19(39)15-26(27)40)16-23-21(31(37)24-13-18(38)14-28(52-2)32(24)46)8-9-22-30(23)35(49)42(33(22)47)12-11-29(44)45/h3-8,10,13-15,22-23,25,30-31,41,46H,9,11-12,16H2,1-2H3,(H,44,45)/t22-,23+,25-,30-,31+,37+/m0/s1. The number of hydrazine groups is 1. The summed E-state index contributed by atoms with van der Waals surface area (Å²) in [5.41, 5.74) is 2.76. The number of carbonyl (C=O) groups is 5. The molecule has 6 atom stereocenters. The van der Waals surface area contributed by atoms with Gasteiger partial charge >= 0.3 is 5.97 Å². The van der Waals surface area contributed by atoms with Crippen LogP contribution in [0.25, 0.3) is 0 Å². The molecular formula is C37H32BrCl2N3O9. The van der Waals surface area contributed by atoms with Crippen LogP contribution in [-0.4, -0.2) is 70.5 Å². The number of nitrogens with zero attached hydrogens (tertiary/aromatic N) is 2. The van der Waals surface area contributed by atoms with Gasteiger partial charge in [-0.15, -0.1) is 0 Å². The molecule has 0 unspecified atom stereocenters. The number of aromatic hydroxyl groups is 1. The van der Waals surface area contributed by atoms with E-state index in [1.807, 2.05) is 6.08 Å². The fourth-order valence-electron chi connectivity index (χ4n) is 8.65. The van der Waals surface area contributed by atoms with Crippen LogP contribution in [0.4, 0.5) is 5.69 Å². The summed E-state index contributed by atoms with van der Waals surface area (Å²) in [5.74, 6) is -7.70. The summed E-state index contributed by atoms with van der Waals surface area (Å²) in [6.45, 7) is -0.286. The topological polar surface area (TPSA) is 163 Å². The van der Waals surface area contributed by atoms with Gasteiger partial charge in [0.2, 0.25) is 11.8 Å². The summed E-state index contributed by atoms with van der Waals surface area (Å²) in [6.07, 6.45) is 1.53. The van der Waals surface area contributed by atoms with Gasteiger partial charge in [-0.05, 0) is 66.8 Å². The number of imide groups is 2. The number of phenols is 1. The zero-order valence-corrected chi connectivity index (χ0v) is 30.9. The summed E-state index contributed by atoms with van der Waals surface area (Å²) in [6, 6.07) is 14.6. The number of carboxylic acids is 1. The number of benzene rings is 3. The molecule has 3 N–H and O–H groups in total. The highest BCUT2D eigenvalue weighted by Gasteiger charge is 2.70. The number of nitrogens with one attached hydrogen (secondary N) is 1. The first kappa shape index (κ1) is 35.8. The second kappa shape index (κ2) is 13.4. The smallest absolute Gasteiger partial charge is 0.305 e. The molecule has 2 saturated heterocycles. The Morgan fingerprint density at radius 3 is 2.37 bits per heavy atom. The molecule has 4 amide bonds. The molecule has 52 heavy (non-hydrogen) atoms. The number of hydrogen-bond donors (Lipinski definition) is 3. The Balaban J connectivity index is 1.47. The fourth-order valence-corrected chi connectivity index (χ4v) is 9.56. The minimum Gasteiger partial charge on any atom is -0.504 e. The normalized spacial score (nSPS) is 26.5. The van der Waals surface area contributed by atoms with Crippen molar-refractivity contribution in [1.29, 1.82) is 0 Å². The number of likely N-dealkylation sites (tertiary alicyclic amines) is 1. The van der Waals surface area contributed by atoms with Gasteiger partial charge in [0.15, 0.2) is 11.5 Å². The van der Waals surface area contributed by atoms with E-state index in [1.165, 1.54) is 26.4 Å². The van der Waals surface area contributed by atoms with Gasteiger partial charge in [0.25, 0.3) is 11.8 Å². The number of anilines is 1. The lowest BCUT2D eigenvalue weighted by Crippen LogP contribution is -2.53. The van der Waals surface area contributed by atoms with Gasteiger partial charge in [-0.2, -0.15) is 5.01 Å². The van der Waals surface area contributed by atoms with Crippen molar-refractivity contribution in [3.8, 4) is 17.2 Å². The van der Waals surface area contributed by atoms with Crippen molar-refractivity contribution >= 4 is 74.4 Å². The van der Waals surface area contributed by atoms with Crippen LogP contribution < -0.4 is 14.9 Å². The van der Waals surface area contributed by atoms with E-state index in [0.29, 0.717) is 26.4 Å². The summed E-state index contributed by atoms with van der Waals surface area (Å²) in [7, 11) is 2.90. The number of ether oxygens (including phenoxy) is 2. The fraction of sp³-hybridized carbons (Fsp3) is 0.324. The van der Waals surface area contributed by atoms with Crippen molar-refractivity contribution in [1.82, 2.24) is 9.91 Å². The molecule has 0 radical (unpaired) electrons. The number of halogens is 3. The average Bonchev–Trinajstić information content (AvgIpc) is 3.49. The van der Waals surface area contributed by atoms with E-state index < -0.39 is 71.0 Å².